The molecule has 0 radical (unpaired) electrons. The number of aromatic nitrogens is 3. The third-order valence-corrected chi connectivity index (χ3v) is 5.82. The van der Waals surface area contributed by atoms with E-state index in [2.05, 4.69) is 15.5 Å². The molecule has 9 heteroatoms. The van der Waals surface area contributed by atoms with E-state index in [0.717, 1.165) is 17.0 Å². The van der Waals surface area contributed by atoms with Gasteiger partial charge in [-0.15, -0.1) is 10.2 Å². The summed E-state index contributed by atoms with van der Waals surface area (Å²) in [5.74, 6) is 0.800. The van der Waals surface area contributed by atoms with Gasteiger partial charge in [-0.25, -0.2) is 4.39 Å². The summed E-state index contributed by atoms with van der Waals surface area (Å²) in [5.41, 5.74) is 2.46. The highest BCUT2D eigenvalue weighted by atomic mass is 35.5. The Hall–Kier alpha value is -3.36. The van der Waals surface area contributed by atoms with Crippen LogP contribution in [-0.4, -0.2) is 26.4 Å². The molecular formula is C24H20ClFN4O2S. The second kappa shape index (κ2) is 10.5. The van der Waals surface area contributed by atoms with E-state index in [9.17, 15) is 9.18 Å². The number of benzene rings is 3. The Balaban J connectivity index is 1.50. The van der Waals surface area contributed by atoms with E-state index in [0.29, 0.717) is 21.7 Å². The fraction of sp³-hybridized carbons (Fsp3) is 0.125. The number of aryl methyl sites for hydroxylation is 1. The molecule has 1 N–H and O–H groups in total. The first-order chi connectivity index (χ1) is 16.0. The Morgan fingerprint density at radius 1 is 1.03 bits per heavy atom. The van der Waals surface area contributed by atoms with Crippen molar-refractivity contribution in [2.24, 2.45) is 0 Å². The van der Waals surface area contributed by atoms with Gasteiger partial charge >= 0.3 is 0 Å². The van der Waals surface area contributed by atoms with Crippen LogP contribution < -0.4 is 10.1 Å². The molecule has 0 atom stereocenters. The maximum Gasteiger partial charge on any atom is 0.234 e. The van der Waals surface area contributed by atoms with Gasteiger partial charge in [0.2, 0.25) is 5.91 Å². The number of nitrogens with zero attached hydrogens (tertiary/aromatic N) is 3. The van der Waals surface area contributed by atoms with Gasteiger partial charge in [0.25, 0.3) is 0 Å². The van der Waals surface area contributed by atoms with Gasteiger partial charge in [-0.1, -0.05) is 41.1 Å². The van der Waals surface area contributed by atoms with Crippen LogP contribution in [-0.2, 0) is 11.4 Å². The zero-order chi connectivity index (χ0) is 23.2. The second-order valence-corrected chi connectivity index (χ2v) is 8.54. The van der Waals surface area contributed by atoms with Gasteiger partial charge in [-0.05, 0) is 67.6 Å². The lowest BCUT2D eigenvalue weighted by atomic mass is 10.2. The highest BCUT2D eigenvalue weighted by Crippen LogP contribution is 2.25. The number of nitrogens with one attached hydrogen (secondary N) is 1. The van der Waals surface area contributed by atoms with Crippen molar-refractivity contribution in [1.82, 2.24) is 14.8 Å². The molecule has 0 unspecified atom stereocenters. The molecule has 3 aromatic carbocycles. The topological polar surface area (TPSA) is 69.0 Å². The first kappa shape index (κ1) is 22.8. The predicted octanol–water partition coefficient (Wildman–Crippen LogP) is 5.68. The molecule has 1 amide bonds. The smallest absolute Gasteiger partial charge is 0.234 e. The first-order valence-corrected chi connectivity index (χ1v) is 11.4. The van der Waals surface area contributed by atoms with Crippen LogP contribution in [0.5, 0.6) is 5.75 Å². The maximum absolute atomic E-state index is 13.1. The zero-order valence-electron chi connectivity index (χ0n) is 17.7. The minimum absolute atomic E-state index is 0.0991. The second-order valence-electron chi connectivity index (χ2n) is 7.16. The number of carbonyl (C=O) groups excluding carboxylic acids is 1. The van der Waals surface area contributed by atoms with E-state index in [-0.39, 0.29) is 24.1 Å². The van der Waals surface area contributed by atoms with Crippen molar-refractivity contribution in [1.29, 1.82) is 0 Å². The summed E-state index contributed by atoms with van der Waals surface area (Å²) in [7, 11) is 0. The average Bonchev–Trinajstić information content (AvgIpc) is 3.22. The molecule has 0 saturated carbocycles. The SMILES string of the molecule is Cc1ccc(OCc2nnc(SCC(=O)Nc3ccc(F)cc3)n2-c2ccc(Cl)cc2)cc1. The molecule has 0 fully saturated rings. The molecule has 1 heterocycles. The Labute approximate surface area is 199 Å². The minimum Gasteiger partial charge on any atom is -0.486 e. The molecule has 0 aliphatic rings. The molecule has 0 aliphatic carbocycles. The molecule has 0 aliphatic heterocycles. The number of anilines is 1. The summed E-state index contributed by atoms with van der Waals surface area (Å²) in [4.78, 5) is 12.4. The van der Waals surface area contributed by atoms with Gasteiger partial charge in [0, 0.05) is 16.4 Å². The Kier molecular flexibility index (Phi) is 7.26. The van der Waals surface area contributed by atoms with Crippen LogP contribution in [0.3, 0.4) is 0 Å². The predicted molar refractivity (Wildman–Crippen MR) is 128 cm³/mol. The fourth-order valence-electron chi connectivity index (χ4n) is 2.98. The summed E-state index contributed by atoms with van der Waals surface area (Å²) >= 11 is 7.29. The van der Waals surface area contributed by atoms with E-state index < -0.39 is 0 Å². The largest absolute Gasteiger partial charge is 0.486 e. The monoisotopic (exact) mass is 482 g/mol. The fourth-order valence-corrected chi connectivity index (χ4v) is 3.88. The van der Waals surface area contributed by atoms with Gasteiger partial charge < -0.3 is 10.1 Å². The lowest BCUT2D eigenvalue weighted by Crippen LogP contribution is -2.14. The van der Waals surface area contributed by atoms with E-state index in [1.165, 1.54) is 36.0 Å². The van der Waals surface area contributed by atoms with Crippen molar-refractivity contribution in [2.75, 3.05) is 11.1 Å². The average molecular weight is 483 g/mol. The van der Waals surface area contributed by atoms with Crippen LogP contribution >= 0.6 is 23.4 Å². The van der Waals surface area contributed by atoms with E-state index in [4.69, 9.17) is 16.3 Å². The van der Waals surface area contributed by atoms with Crippen LogP contribution in [0, 0.1) is 12.7 Å². The lowest BCUT2D eigenvalue weighted by Gasteiger charge is -2.11. The summed E-state index contributed by atoms with van der Waals surface area (Å²) in [6.45, 7) is 2.21. The van der Waals surface area contributed by atoms with Crippen LogP contribution in [0.1, 0.15) is 11.4 Å². The van der Waals surface area contributed by atoms with E-state index in [1.54, 1.807) is 12.1 Å². The van der Waals surface area contributed by atoms with Crippen molar-refractivity contribution in [3.8, 4) is 11.4 Å². The van der Waals surface area contributed by atoms with Gasteiger partial charge in [-0.3, -0.25) is 9.36 Å². The Bertz CT molecular complexity index is 1230. The van der Waals surface area contributed by atoms with Crippen LogP contribution in [0.25, 0.3) is 5.69 Å². The third kappa shape index (κ3) is 6.12. The van der Waals surface area contributed by atoms with E-state index in [1.807, 2.05) is 47.9 Å². The molecule has 33 heavy (non-hydrogen) atoms. The first-order valence-electron chi connectivity index (χ1n) is 10.1. The van der Waals surface area contributed by atoms with Crippen molar-refractivity contribution in [3.63, 3.8) is 0 Å². The van der Waals surface area contributed by atoms with Gasteiger partial charge in [0.15, 0.2) is 11.0 Å². The van der Waals surface area contributed by atoms with Crippen molar-refractivity contribution in [2.45, 2.75) is 18.7 Å². The Morgan fingerprint density at radius 3 is 2.42 bits per heavy atom. The molecule has 0 spiro atoms. The molecule has 1 aromatic heterocycles. The molecule has 0 bridgehead atoms. The highest BCUT2D eigenvalue weighted by Gasteiger charge is 2.17. The number of thioether (sulfide) groups is 1. The number of ether oxygens (including phenoxy) is 1. The van der Waals surface area contributed by atoms with Crippen LogP contribution in [0.2, 0.25) is 5.02 Å². The van der Waals surface area contributed by atoms with Crippen LogP contribution in [0.4, 0.5) is 10.1 Å². The number of amides is 1. The highest BCUT2D eigenvalue weighted by molar-refractivity contribution is 7.99. The molecule has 0 saturated heterocycles. The molecule has 4 rings (SSSR count). The normalized spacial score (nSPS) is 10.8. The molecule has 6 nitrogen and oxygen atoms in total. The third-order valence-electron chi connectivity index (χ3n) is 4.63. The Morgan fingerprint density at radius 2 is 1.73 bits per heavy atom. The van der Waals surface area contributed by atoms with Gasteiger partial charge in [0.05, 0.1) is 5.75 Å². The zero-order valence-corrected chi connectivity index (χ0v) is 19.2. The summed E-state index contributed by atoms with van der Waals surface area (Å²) in [5, 5.41) is 12.4. The van der Waals surface area contributed by atoms with Gasteiger partial charge in [-0.2, -0.15) is 0 Å². The van der Waals surface area contributed by atoms with E-state index >= 15 is 0 Å². The number of rotatable bonds is 8. The number of carbonyl (C=O) groups is 1. The van der Waals surface area contributed by atoms with Crippen LogP contribution in [0.15, 0.2) is 78.0 Å². The van der Waals surface area contributed by atoms with Crippen molar-refractivity contribution < 1.29 is 13.9 Å². The number of hydrogen-bond donors (Lipinski definition) is 1. The lowest BCUT2D eigenvalue weighted by molar-refractivity contribution is -0.113. The summed E-state index contributed by atoms with van der Waals surface area (Å²) in [6.07, 6.45) is 0. The maximum atomic E-state index is 13.1. The summed E-state index contributed by atoms with van der Waals surface area (Å²) < 4.78 is 20.8. The quantitative estimate of drug-likeness (QED) is 0.327. The summed E-state index contributed by atoms with van der Waals surface area (Å²) in [6, 6.07) is 20.6. The van der Waals surface area contributed by atoms with Crippen molar-refractivity contribution >= 4 is 35.0 Å². The molecular weight excluding hydrogens is 463 g/mol. The van der Waals surface area contributed by atoms with Gasteiger partial charge in [0.1, 0.15) is 18.2 Å². The number of hydrogen-bond acceptors (Lipinski definition) is 5. The molecule has 168 valence electrons. The van der Waals surface area contributed by atoms with Crippen molar-refractivity contribution in [3.05, 3.63) is 95.0 Å². The minimum atomic E-state index is -0.362. The molecule has 4 aromatic rings. The standard InChI is InChI=1S/C24H20ClFN4O2S/c1-16-2-12-21(13-3-16)32-14-22-28-29-24(30(22)20-10-4-17(25)5-11-20)33-15-23(31)27-19-8-6-18(26)7-9-19/h2-13H,14-15H2,1H3,(H,27,31). The number of halogens is 2.